The van der Waals surface area contributed by atoms with Gasteiger partial charge in [0.2, 0.25) is 5.88 Å². The molecule has 3 aromatic rings. The van der Waals surface area contributed by atoms with Gasteiger partial charge in [0, 0.05) is 28.4 Å². The molecule has 1 heterocycles. The Balaban J connectivity index is 1.78. The SMILES string of the molecule is Cc1noc(NS(=O)(=O)c2ccc(NC(=O)c3cccc([N+](=O)[O-])c3C)cc2)c1C. The van der Waals surface area contributed by atoms with Crippen LogP contribution in [0.3, 0.4) is 0 Å². The summed E-state index contributed by atoms with van der Waals surface area (Å²) in [6, 6.07) is 9.68. The molecule has 2 N–H and O–H groups in total. The van der Waals surface area contributed by atoms with Crippen molar-refractivity contribution in [2.24, 2.45) is 0 Å². The Morgan fingerprint density at radius 1 is 1.07 bits per heavy atom. The summed E-state index contributed by atoms with van der Waals surface area (Å²) in [7, 11) is -3.91. The summed E-state index contributed by atoms with van der Waals surface area (Å²) in [5.41, 5.74) is 1.71. The van der Waals surface area contributed by atoms with Crippen LogP contribution in [-0.4, -0.2) is 24.4 Å². The number of nitro groups is 1. The van der Waals surface area contributed by atoms with E-state index >= 15 is 0 Å². The van der Waals surface area contributed by atoms with Gasteiger partial charge in [0.25, 0.3) is 21.6 Å². The third kappa shape index (κ3) is 4.15. The first kappa shape index (κ1) is 21.0. The van der Waals surface area contributed by atoms with Crippen molar-refractivity contribution in [2.45, 2.75) is 25.7 Å². The molecule has 0 bridgehead atoms. The lowest BCUT2D eigenvalue weighted by molar-refractivity contribution is -0.385. The molecule has 0 aliphatic heterocycles. The van der Waals surface area contributed by atoms with Crippen LogP contribution in [0.2, 0.25) is 0 Å². The molecule has 0 aliphatic rings. The molecule has 30 heavy (non-hydrogen) atoms. The second-order valence-electron chi connectivity index (χ2n) is 6.51. The number of rotatable bonds is 6. The molecule has 0 spiro atoms. The van der Waals surface area contributed by atoms with Crippen LogP contribution in [0.1, 0.15) is 27.2 Å². The van der Waals surface area contributed by atoms with Crippen LogP contribution in [0.5, 0.6) is 0 Å². The third-order valence-electron chi connectivity index (χ3n) is 4.55. The molecular weight excluding hydrogens is 412 g/mol. The Kier molecular flexibility index (Phi) is 5.56. The zero-order chi connectivity index (χ0) is 22.1. The molecule has 0 fully saturated rings. The Morgan fingerprint density at radius 2 is 1.73 bits per heavy atom. The van der Waals surface area contributed by atoms with Crippen molar-refractivity contribution < 1.29 is 22.7 Å². The predicted molar refractivity (Wildman–Crippen MR) is 109 cm³/mol. The average molecular weight is 430 g/mol. The quantitative estimate of drug-likeness (QED) is 0.449. The van der Waals surface area contributed by atoms with Crippen LogP contribution < -0.4 is 10.0 Å². The van der Waals surface area contributed by atoms with Crippen molar-refractivity contribution in [3.63, 3.8) is 0 Å². The van der Waals surface area contributed by atoms with Crippen molar-refractivity contribution >= 4 is 33.2 Å². The fourth-order valence-corrected chi connectivity index (χ4v) is 3.72. The molecule has 10 nitrogen and oxygen atoms in total. The molecule has 0 atom stereocenters. The number of aromatic nitrogens is 1. The number of amides is 1. The lowest BCUT2D eigenvalue weighted by Gasteiger charge is -2.09. The maximum atomic E-state index is 12.5. The molecule has 2 aromatic carbocycles. The fraction of sp³-hybridized carbons (Fsp3) is 0.158. The van der Waals surface area contributed by atoms with Crippen molar-refractivity contribution in [1.29, 1.82) is 0 Å². The van der Waals surface area contributed by atoms with E-state index in [0.717, 1.165) is 0 Å². The highest BCUT2D eigenvalue weighted by atomic mass is 32.2. The molecule has 0 aliphatic carbocycles. The number of hydrogen-bond acceptors (Lipinski definition) is 7. The molecule has 156 valence electrons. The monoisotopic (exact) mass is 430 g/mol. The number of benzene rings is 2. The smallest absolute Gasteiger partial charge is 0.273 e. The van der Waals surface area contributed by atoms with E-state index in [1.165, 1.54) is 49.4 Å². The van der Waals surface area contributed by atoms with Gasteiger partial charge in [-0.2, -0.15) is 0 Å². The average Bonchev–Trinajstić information content (AvgIpc) is 3.00. The first-order valence-electron chi connectivity index (χ1n) is 8.71. The van der Waals surface area contributed by atoms with Crippen molar-refractivity contribution in [3.05, 3.63) is 75.0 Å². The molecule has 11 heteroatoms. The van der Waals surface area contributed by atoms with E-state index in [-0.39, 0.29) is 27.6 Å². The van der Waals surface area contributed by atoms with Crippen LogP contribution >= 0.6 is 0 Å². The molecule has 0 saturated heterocycles. The normalized spacial score (nSPS) is 11.2. The summed E-state index contributed by atoms with van der Waals surface area (Å²) in [6.07, 6.45) is 0. The number of aryl methyl sites for hydroxylation is 1. The zero-order valence-corrected chi connectivity index (χ0v) is 17.1. The Morgan fingerprint density at radius 3 is 2.30 bits per heavy atom. The molecule has 1 aromatic heterocycles. The fourth-order valence-electron chi connectivity index (χ4n) is 2.67. The Labute approximate surface area is 172 Å². The van der Waals surface area contributed by atoms with Crippen LogP contribution in [0.4, 0.5) is 17.3 Å². The third-order valence-corrected chi connectivity index (χ3v) is 5.90. The van der Waals surface area contributed by atoms with Crippen molar-refractivity contribution in [1.82, 2.24) is 5.16 Å². The maximum absolute atomic E-state index is 12.5. The number of hydrogen-bond donors (Lipinski definition) is 2. The van der Waals surface area contributed by atoms with E-state index in [1.54, 1.807) is 13.8 Å². The molecular formula is C19H18N4O6S. The van der Waals surface area contributed by atoms with E-state index in [4.69, 9.17) is 4.52 Å². The van der Waals surface area contributed by atoms with Gasteiger partial charge >= 0.3 is 0 Å². The van der Waals surface area contributed by atoms with E-state index in [2.05, 4.69) is 15.2 Å². The Bertz CT molecular complexity index is 1230. The summed E-state index contributed by atoms with van der Waals surface area (Å²) < 4.78 is 32.3. The second kappa shape index (κ2) is 7.95. The highest BCUT2D eigenvalue weighted by molar-refractivity contribution is 7.92. The lowest BCUT2D eigenvalue weighted by Crippen LogP contribution is -2.15. The standard InChI is InChI=1S/C19H18N4O6S/c1-11-13(3)21-29-19(11)22-30(27,28)15-9-7-14(8-10-15)20-18(24)16-5-4-6-17(12(16)2)23(25)26/h4-10,22H,1-3H3,(H,20,24). The topological polar surface area (TPSA) is 144 Å². The zero-order valence-electron chi connectivity index (χ0n) is 16.3. The minimum atomic E-state index is -3.91. The van der Waals surface area contributed by atoms with Gasteiger partial charge in [-0.15, -0.1) is 0 Å². The van der Waals surface area contributed by atoms with Gasteiger partial charge in [-0.05, 0) is 51.1 Å². The molecule has 0 unspecified atom stereocenters. The van der Waals surface area contributed by atoms with E-state index in [1.807, 2.05) is 0 Å². The number of sulfonamides is 1. The largest absolute Gasteiger partial charge is 0.337 e. The summed E-state index contributed by atoms with van der Waals surface area (Å²) in [5.74, 6) is -0.510. The van der Waals surface area contributed by atoms with E-state index in [0.29, 0.717) is 16.9 Å². The summed E-state index contributed by atoms with van der Waals surface area (Å²) in [6.45, 7) is 4.86. The first-order chi connectivity index (χ1) is 14.1. The number of anilines is 2. The summed E-state index contributed by atoms with van der Waals surface area (Å²) >= 11 is 0. The van der Waals surface area contributed by atoms with Crippen molar-refractivity contribution in [2.75, 3.05) is 10.0 Å². The van der Waals surface area contributed by atoms with Gasteiger partial charge in [-0.3, -0.25) is 14.9 Å². The highest BCUT2D eigenvalue weighted by Crippen LogP contribution is 2.24. The predicted octanol–water partition coefficient (Wildman–Crippen LogP) is 3.56. The summed E-state index contributed by atoms with van der Waals surface area (Å²) in [4.78, 5) is 22.9. The number of nitro benzene ring substituents is 1. The van der Waals surface area contributed by atoms with Gasteiger partial charge in [-0.25, -0.2) is 13.1 Å². The number of carbonyl (C=O) groups is 1. The summed E-state index contributed by atoms with van der Waals surface area (Å²) in [5, 5.41) is 17.3. The van der Waals surface area contributed by atoms with E-state index < -0.39 is 20.9 Å². The molecule has 0 saturated carbocycles. The molecule has 0 radical (unpaired) electrons. The van der Waals surface area contributed by atoms with Crippen molar-refractivity contribution in [3.8, 4) is 0 Å². The minimum absolute atomic E-state index is 0.0334. The number of nitrogens with one attached hydrogen (secondary N) is 2. The van der Waals surface area contributed by atoms with Crippen LogP contribution in [-0.2, 0) is 10.0 Å². The first-order valence-corrected chi connectivity index (χ1v) is 10.2. The van der Waals surface area contributed by atoms with Gasteiger partial charge in [0.1, 0.15) is 0 Å². The molecule has 1 amide bonds. The number of nitrogens with zero attached hydrogens (tertiary/aromatic N) is 2. The second-order valence-corrected chi connectivity index (χ2v) is 8.20. The molecule has 3 rings (SSSR count). The Hall–Kier alpha value is -3.73. The highest BCUT2D eigenvalue weighted by Gasteiger charge is 2.20. The van der Waals surface area contributed by atoms with Gasteiger partial charge < -0.3 is 9.84 Å². The minimum Gasteiger partial charge on any atom is -0.337 e. The van der Waals surface area contributed by atoms with E-state index in [9.17, 15) is 23.3 Å². The van der Waals surface area contributed by atoms with Crippen LogP contribution in [0.25, 0.3) is 0 Å². The number of carbonyl (C=O) groups excluding carboxylic acids is 1. The van der Waals surface area contributed by atoms with Crippen LogP contribution in [0.15, 0.2) is 51.9 Å². The lowest BCUT2D eigenvalue weighted by atomic mass is 10.1. The van der Waals surface area contributed by atoms with Crippen LogP contribution in [0, 0.1) is 30.9 Å². The van der Waals surface area contributed by atoms with Gasteiger partial charge in [-0.1, -0.05) is 11.2 Å². The van der Waals surface area contributed by atoms with Gasteiger partial charge in [0.15, 0.2) is 0 Å². The maximum Gasteiger partial charge on any atom is 0.273 e. The van der Waals surface area contributed by atoms with Gasteiger partial charge in [0.05, 0.1) is 15.5 Å².